The SMILES string of the molecule is CCC(C)(C)CNc1ccc(N)nc1. The number of aromatic nitrogens is 1. The fourth-order valence-corrected chi connectivity index (χ4v) is 0.976. The Hall–Kier alpha value is -1.25. The van der Waals surface area contributed by atoms with Gasteiger partial charge in [-0.15, -0.1) is 0 Å². The monoisotopic (exact) mass is 193 g/mol. The van der Waals surface area contributed by atoms with Crippen LogP contribution in [0.25, 0.3) is 0 Å². The summed E-state index contributed by atoms with van der Waals surface area (Å²) in [5.74, 6) is 0.560. The number of hydrogen-bond donors (Lipinski definition) is 2. The highest BCUT2D eigenvalue weighted by Crippen LogP contribution is 2.20. The molecule has 1 aromatic heterocycles. The molecule has 3 N–H and O–H groups in total. The molecule has 0 aromatic carbocycles. The van der Waals surface area contributed by atoms with Crippen LogP contribution in [0.15, 0.2) is 18.3 Å². The van der Waals surface area contributed by atoms with E-state index in [4.69, 9.17) is 5.73 Å². The summed E-state index contributed by atoms with van der Waals surface area (Å²) >= 11 is 0. The lowest BCUT2D eigenvalue weighted by molar-refractivity contribution is 0.377. The van der Waals surface area contributed by atoms with Crippen LogP contribution in [0.1, 0.15) is 27.2 Å². The van der Waals surface area contributed by atoms with Crippen LogP contribution >= 0.6 is 0 Å². The van der Waals surface area contributed by atoms with Crippen molar-refractivity contribution in [2.24, 2.45) is 5.41 Å². The average Bonchev–Trinajstić information content (AvgIpc) is 2.17. The lowest BCUT2D eigenvalue weighted by Gasteiger charge is -2.23. The van der Waals surface area contributed by atoms with E-state index >= 15 is 0 Å². The summed E-state index contributed by atoms with van der Waals surface area (Å²) in [7, 11) is 0. The fraction of sp³-hybridized carbons (Fsp3) is 0.545. The Kier molecular flexibility index (Phi) is 3.33. The number of nitrogen functional groups attached to an aromatic ring is 1. The van der Waals surface area contributed by atoms with Crippen molar-refractivity contribution in [2.75, 3.05) is 17.6 Å². The maximum atomic E-state index is 5.50. The molecule has 0 saturated carbocycles. The van der Waals surface area contributed by atoms with Gasteiger partial charge in [0.1, 0.15) is 5.82 Å². The predicted molar refractivity (Wildman–Crippen MR) is 61.2 cm³/mol. The molecule has 14 heavy (non-hydrogen) atoms. The minimum Gasteiger partial charge on any atom is -0.384 e. The lowest BCUT2D eigenvalue weighted by Crippen LogP contribution is -2.22. The summed E-state index contributed by atoms with van der Waals surface area (Å²) in [6.45, 7) is 7.63. The fourth-order valence-electron chi connectivity index (χ4n) is 0.976. The van der Waals surface area contributed by atoms with E-state index in [-0.39, 0.29) is 0 Å². The molecular formula is C11H19N3. The van der Waals surface area contributed by atoms with Gasteiger partial charge in [0.05, 0.1) is 11.9 Å². The van der Waals surface area contributed by atoms with Gasteiger partial charge >= 0.3 is 0 Å². The van der Waals surface area contributed by atoms with E-state index < -0.39 is 0 Å². The van der Waals surface area contributed by atoms with Gasteiger partial charge in [0.2, 0.25) is 0 Å². The second-order valence-corrected chi connectivity index (χ2v) is 4.34. The smallest absolute Gasteiger partial charge is 0.123 e. The first-order valence-corrected chi connectivity index (χ1v) is 4.99. The molecule has 0 fully saturated rings. The third-order valence-electron chi connectivity index (χ3n) is 2.51. The Bertz CT molecular complexity index is 277. The second-order valence-electron chi connectivity index (χ2n) is 4.34. The minimum absolute atomic E-state index is 0.321. The van der Waals surface area contributed by atoms with Gasteiger partial charge in [-0.1, -0.05) is 20.8 Å². The molecule has 78 valence electrons. The van der Waals surface area contributed by atoms with E-state index in [0.717, 1.165) is 18.7 Å². The normalized spacial score (nSPS) is 11.4. The summed E-state index contributed by atoms with van der Waals surface area (Å²) in [4.78, 5) is 4.02. The molecule has 0 aliphatic rings. The van der Waals surface area contributed by atoms with Crippen molar-refractivity contribution in [3.8, 4) is 0 Å². The number of nitrogens with one attached hydrogen (secondary N) is 1. The predicted octanol–water partition coefficient (Wildman–Crippen LogP) is 2.51. The van der Waals surface area contributed by atoms with Crippen LogP contribution in [-0.2, 0) is 0 Å². The Morgan fingerprint density at radius 2 is 2.14 bits per heavy atom. The first-order valence-electron chi connectivity index (χ1n) is 4.99. The van der Waals surface area contributed by atoms with Crippen LogP contribution in [0.3, 0.4) is 0 Å². The van der Waals surface area contributed by atoms with Gasteiger partial charge in [0.15, 0.2) is 0 Å². The van der Waals surface area contributed by atoms with Crippen LogP contribution in [0.4, 0.5) is 11.5 Å². The first kappa shape index (κ1) is 10.8. The zero-order valence-electron chi connectivity index (χ0n) is 9.17. The Morgan fingerprint density at radius 1 is 1.43 bits per heavy atom. The molecule has 1 rings (SSSR count). The zero-order chi connectivity index (χ0) is 10.6. The molecule has 0 bridgehead atoms. The number of pyridine rings is 1. The number of rotatable bonds is 4. The zero-order valence-corrected chi connectivity index (χ0v) is 9.17. The largest absolute Gasteiger partial charge is 0.384 e. The quantitative estimate of drug-likeness (QED) is 0.772. The van der Waals surface area contributed by atoms with E-state index in [0.29, 0.717) is 11.2 Å². The van der Waals surface area contributed by atoms with Crippen molar-refractivity contribution in [3.05, 3.63) is 18.3 Å². The summed E-state index contributed by atoms with van der Waals surface area (Å²) in [6, 6.07) is 3.76. The molecule has 0 aliphatic heterocycles. The van der Waals surface area contributed by atoms with Gasteiger partial charge in [0.25, 0.3) is 0 Å². The van der Waals surface area contributed by atoms with Gasteiger partial charge < -0.3 is 11.1 Å². The highest BCUT2D eigenvalue weighted by molar-refractivity contribution is 5.45. The molecule has 3 nitrogen and oxygen atoms in total. The number of hydrogen-bond acceptors (Lipinski definition) is 3. The molecule has 1 heterocycles. The third kappa shape index (κ3) is 3.24. The maximum Gasteiger partial charge on any atom is 0.123 e. The van der Waals surface area contributed by atoms with Gasteiger partial charge in [-0.3, -0.25) is 0 Å². The molecule has 0 saturated heterocycles. The Balaban J connectivity index is 2.50. The van der Waals surface area contributed by atoms with E-state index in [9.17, 15) is 0 Å². The van der Waals surface area contributed by atoms with Crippen molar-refractivity contribution in [3.63, 3.8) is 0 Å². The topological polar surface area (TPSA) is 50.9 Å². The molecule has 1 aromatic rings. The van der Waals surface area contributed by atoms with E-state index in [2.05, 4.69) is 31.1 Å². The van der Waals surface area contributed by atoms with Gasteiger partial charge in [0, 0.05) is 6.54 Å². The van der Waals surface area contributed by atoms with Crippen molar-refractivity contribution >= 4 is 11.5 Å². The van der Waals surface area contributed by atoms with Crippen molar-refractivity contribution < 1.29 is 0 Å². The standard InChI is InChI=1S/C11H19N3/c1-4-11(2,3)8-14-9-5-6-10(12)13-7-9/h5-7,14H,4,8H2,1-3H3,(H2,12,13). The average molecular weight is 193 g/mol. The highest BCUT2D eigenvalue weighted by Gasteiger charge is 2.14. The number of anilines is 2. The van der Waals surface area contributed by atoms with Gasteiger partial charge in [-0.05, 0) is 24.0 Å². The van der Waals surface area contributed by atoms with Crippen LogP contribution < -0.4 is 11.1 Å². The molecule has 0 spiro atoms. The van der Waals surface area contributed by atoms with Crippen LogP contribution in [-0.4, -0.2) is 11.5 Å². The van der Waals surface area contributed by atoms with E-state index in [1.165, 1.54) is 0 Å². The molecule has 0 radical (unpaired) electrons. The van der Waals surface area contributed by atoms with Crippen LogP contribution in [0, 0.1) is 5.41 Å². The summed E-state index contributed by atoms with van der Waals surface area (Å²) in [6.07, 6.45) is 2.92. The van der Waals surface area contributed by atoms with Crippen molar-refractivity contribution in [1.29, 1.82) is 0 Å². The maximum absolute atomic E-state index is 5.50. The second kappa shape index (κ2) is 4.31. The Labute approximate surface area is 85.7 Å². The van der Waals surface area contributed by atoms with E-state index in [1.807, 2.05) is 6.07 Å². The van der Waals surface area contributed by atoms with Gasteiger partial charge in [-0.2, -0.15) is 0 Å². The lowest BCUT2D eigenvalue weighted by atomic mass is 9.90. The third-order valence-corrected chi connectivity index (χ3v) is 2.51. The Morgan fingerprint density at radius 3 is 2.64 bits per heavy atom. The highest BCUT2D eigenvalue weighted by atomic mass is 14.9. The molecule has 0 unspecified atom stereocenters. The van der Waals surface area contributed by atoms with E-state index in [1.54, 1.807) is 12.3 Å². The van der Waals surface area contributed by atoms with Gasteiger partial charge in [-0.25, -0.2) is 4.98 Å². The minimum atomic E-state index is 0.321. The van der Waals surface area contributed by atoms with Crippen molar-refractivity contribution in [1.82, 2.24) is 4.98 Å². The van der Waals surface area contributed by atoms with Crippen LogP contribution in [0.5, 0.6) is 0 Å². The molecular weight excluding hydrogens is 174 g/mol. The number of nitrogens with zero attached hydrogens (tertiary/aromatic N) is 1. The molecule has 0 aliphatic carbocycles. The summed E-state index contributed by atoms with van der Waals surface area (Å²) in [5.41, 5.74) is 6.85. The molecule has 0 atom stereocenters. The first-order chi connectivity index (χ1) is 6.53. The summed E-state index contributed by atoms with van der Waals surface area (Å²) < 4.78 is 0. The van der Waals surface area contributed by atoms with Crippen molar-refractivity contribution in [2.45, 2.75) is 27.2 Å². The summed E-state index contributed by atoms with van der Waals surface area (Å²) in [5, 5.41) is 3.34. The molecule has 0 amide bonds. The van der Waals surface area contributed by atoms with Crippen LogP contribution in [0.2, 0.25) is 0 Å². The number of nitrogens with two attached hydrogens (primary N) is 1. The molecule has 3 heteroatoms.